The SMILES string of the molecule is CN(C)c1ccc(CBr)cc1Cl. The largest absolute Gasteiger partial charge is 0.376 e. The van der Waals surface area contributed by atoms with E-state index in [0.717, 1.165) is 16.0 Å². The van der Waals surface area contributed by atoms with Crippen LogP contribution in [0.25, 0.3) is 0 Å². The third-order valence-corrected chi connectivity index (χ3v) is 2.60. The zero-order valence-electron chi connectivity index (χ0n) is 7.14. The van der Waals surface area contributed by atoms with Gasteiger partial charge in [-0.2, -0.15) is 0 Å². The molecule has 1 aromatic rings. The molecule has 12 heavy (non-hydrogen) atoms. The summed E-state index contributed by atoms with van der Waals surface area (Å²) in [5, 5.41) is 1.65. The third kappa shape index (κ3) is 2.14. The summed E-state index contributed by atoms with van der Waals surface area (Å²) >= 11 is 9.42. The van der Waals surface area contributed by atoms with Crippen LogP contribution in [0.5, 0.6) is 0 Å². The van der Waals surface area contributed by atoms with Gasteiger partial charge >= 0.3 is 0 Å². The van der Waals surface area contributed by atoms with Gasteiger partial charge in [0.25, 0.3) is 0 Å². The van der Waals surface area contributed by atoms with Crippen molar-refractivity contribution in [2.24, 2.45) is 0 Å². The van der Waals surface area contributed by atoms with E-state index < -0.39 is 0 Å². The second-order valence-electron chi connectivity index (χ2n) is 2.81. The van der Waals surface area contributed by atoms with Crippen LogP contribution in [0.1, 0.15) is 5.56 Å². The molecule has 0 aliphatic heterocycles. The summed E-state index contributed by atoms with van der Waals surface area (Å²) in [6.07, 6.45) is 0. The molecule has 0 radical (unpaired) electrons. The van der Waals surface area contributed by atoms with Gasteiger partial charge in [0, 0.05) is 19.4 Å². The summed E-state index contributed by atoms with van der Waals surface area (Å²) in [4.78, 5) is 2.00. The molecule has 0 aromatic heterocycles. The van der Waals surface area contributed by atoms with Crippen molar-refractivity contribution in [2.45, 2.75) is 5.33 Å². The number of halogens is 2. The van der Waals surface area contributed by atoms with Gasteiger partial charge in [-0.15, -0.1) is 0 Å². The number of alkyl halides is 1. The molecule has 1 rings (SSSR count). The highest BCUT2D eigenvalue weighted by molar-refractivity contribution is 9.08. The summed E-state index contributed by atoms with van der Waals surface area (Å²) < 4.78 is 0. The first-order valence-electron chi connectivity index (χ1n) is 3.67. The van der Waals surface area contributed by atoms with E-state index in [4.69, 9.17) is 11.6 Å². The van der Waals surface area contributed by atoms with E-state index in [-0.39, 0.29) is 0 Å². The smallest absolute Gasteiger partial charge is 0.0642 e. The average Bonchev–Trinajstić information content (AvgIpc) is 2.03. The first-order chi connectivity index (χ1) is 5.65. The lowest BCUT2D eigenvalue weighted by atomic mass is 10.2. The molecule has 3 heteroatoms. The Morgan fingerprint density at radius 3 is 2.50 bits per heavy atom. The maximum atomic E-state index is 6.04. The van der Waals surface area contributed by atoms with Crippen LogP contribution in [-0.4, -0.2) is 14.1 Å². The molecule has 0 aliphatic rings. The van der Waals surface area contributed by atoms with Crippen LogP contribution in [0, 0.1) is 0 Å². The van der Waals surface area contributed by atoms with E-state index in [1.807, 2.05) is 31.1 Å². The normalized spacial score (nSPS) is 10.0. The van der Waals surface area contributed by atoms with Crippen LogP contribution in [0.2, 0.25) is 5.02 Å². The Balaban J connectivity index is 3.03. The minimum atomic E-state index is 0.803. The van der Waals surface area contributed by atoms with Crippen LogP contribution in [0.3, 0.4) is 0 Å². The Hall–Kier alpha value is -0.210. The summed E-state index contributed by atoms with van der Waals surface area (Å²) in [5.41, 5.74) is 2.26. The summed E-state index contributed by atoms with van der Waals surface area (Å²) in [7, 11) is 3.96. The Labute approximate surface area is 86.5 Å². The predicted octanol–water partition coefficient (Wildman–Crippen LogP) is 3.30. The van der Waals surface area contributed by atoms with Crippen LogP contribution in [0.15, 0.2) is 18.2 Å². The van der Waals surface area contributed by atoms with Crippen molar-refractivity contribution in [1.82, 2.24) is 0 Å². The van der Waals surface area contributed by atoms with Gasteiger partial charge in [-0.05, 0) is 17.7 Å². The third-order valence-electron chi connectivity index (χ3n) is 1.65. The monoisotopic (exact) mass is 247 g/mol. The van der Waals surface area contributed by atoms with Crippen LogP contribution in [0.4, 0.5) is 5.69 Å². The quantitative estimate of drug-likeness (QED) is 0.726. The highest BCUT2D eigenvalue weighted by atomic mass is 79.9. The highest BCUT2D eigenvalue weighted by Crippen LogP contribution is 2.25. The van der Waals surface area contributed by atoms with Crippen LogP contribution in [-0.2, 0) is 5.33 Å². The van der Waals surface area contributed by atoms with Crippen LogP contribution >= 0.6 is 27.5 Å². The number of nitrogens with zero attached hydrogens (tertiary/aromatic N) is 1. The number of benzene rings is 1. The van der Waals surface area contributed by atoms with E-state index in [1.54, 1.807) is 0 Å². The maximum absolute atomic E-state index is 6.04. The number of anilines is 1. The van der Waals surface area contributed by atoms with E-state index in [1.165, 1.54) is 5.56 Å². The predicted molar refractivity (Wildman–Crippen MR) is 58.4 cm³/mol. The fourth-order valence-corrected chi connectivity index (χ4v) is 1.72. The van der Waals surface area contributed by atoms with Crippen molar-refractivity contribution in [3.8, 4) is 0 Å². The van der Waals surface area contributed by atoms with Crippen molar-refractivity contribution >= 4 is 33.2 Å². The molecular weight excluding hydrogens is 237 g/mol. The molecule has 66 valence electrons. The molecule has 0 atom stereocenters. The van der Waals surface area contributed by atoms with Crippen molar-refractivity contribution in [2.75, 3.05) is 19.0 Å². The Bertz CT molecular complexity index is 273. The first kappa shape index (κ1) is 9.87. The van der Waals surface area contributed by atoms with Crippen LogP contribution < -0.4 is 4.90 Å². The van der Waals surface area contributed by atoms with Gasteiger partial charge in [-0.25, -0.2) is 0 Å². The van der Waals surface area contributed by atoms with Crippen molar-refractivity contribution < 1.29 is 0 Å². The number of hydrogen-bond acceptors (Lipinski definition) is 1. The zero-order valence-corrected chi connectivity index (χ0v) is 9.48. The summed E-state index contributed by atoms with van der Waals surface area (Å²) in [6, 6.07) is 6.07. The molecule has 0 spiro atoms. The Kier molecular flexibility index (Phi) is 3.41. The van der Waals surface area contributed by atoms with Gasteiger partial charge < -0.3 is 4.90 Å². The molecule has 0 saturated carbocycles. The molecular formula is C9H11BrClN. The Morgan fingerprint density at radius 1 is 1.42 bits per heavy atom. The molecule has 0 aliphatic carbocycles. The van der Waals surface area contributed by atoms with E-state index >= 15 is 0 Å². The first-order valence-corrected chi connectivity index (χ1v) is 5.17. The molecule has 0 amide bonds. The van der Waals surface area contributed by atoms with Gasteiger partial charge in [0.1, 0.15) is 0 Å². The lowest BCUT2D eigenvalue weighted by Crippen LogP contribution is -2.09. The van der Waals surface area contributed by atoms with Crippen molar-refractivity contribution in [3.63, 3.8) is 0 Å². The van der Waals surface area contributed by atoms with Crippen molar-refractivity contribution in [1.29, 1.82) is 0 Å². The fraction of sp³-hybridized carbons (Fsp3) is 0.333. The standard InChI is InChI=1S/C9H11BrClN/c1-12(2)9-4-3-7(6-10)5-8(9)11/h3-5H,6H2,1-2H3. The number of rotatable bonds is 2. The highest BCUT2D eigenvalue weighted by Gasteiger charge is 2.02. The molecule has 0 unspecified atom stereocenters. The van der Waals surface area contributed by atoms with E-state index in [9.17, 15) is 0 Å². The Morgan fingerprint density at radius 2 is 2.08 bits per heavy atom. The average molecular weight is 249 g/mol. The van der Waals surface area contributed by atoms with Crippen molar-refractivity contribution in [3.05, 3.63) is 28.8 Å². The van der Waals surface area contributed by atoms with Gasteiger partial charge in [0.15, 0.2) is 0 Å². The summed E-state index contributed by atoms with van der Waals surface area (Å²) in [6.45, 7) is 0. The van der Waals surface area contributed by atoms with Gasteiger partial charge in [0.2, 0.25) is 0 Å². The molecule has 1 aromatic carbocycles. The zero-order chi connectivity index (χ0) is 9.14. The molecule has 0 N–H and O–H groups in total. The van der Waals surface area contributed by atoms with E-state index in [0.29, 0.717) is 0 Å². The molecule has 0 saturated heterocycles. The van der Waals surface area contributed by atoms with Gasteiger partial charge in [-0.3, -0.25) is 0 Å². The lowest BCUT2D eigenvalue weighted by molar-refractivity contribution is 1.13. The maximum Gasteiger partial charge on any atom is 0.0642 e. The van der Waals surface area contributed by atoms with Gasteiger partial charge in [0.05, 0.1) is 10.7 Å². The molecule has 0 fully saturated rings. The minimum Gasteiger partial charge on any atom is -0.376 e. The minimum absolute atomic E-state index is 0.803. The van der Waals surface area contributed by atoms with E-state index in [2.05, 4.69) is 22.0 Å². The molecule has 1 nitrogen and oxygen atoms in total. The lowest BCUT2D eigenvalue weighted by Gasteiger charge is -2.14. The summed E-state index contributed by atoms with van der Waals surface area (Å²) in [5.74, 6) is 0. The van der Waals surface area contributed by atoms with Gasteiger partial charge in [-0.1, -0.05) is 33.6 Å². The second kappa shape index (κ2) is 4.15. The molecule has 0 bridgehead atoms. The number of hydrogen-bond donors (Lipinski definition) is 0. The fourth-order valence-electron chi connectivity index (χ4n) is 0.996. The molecule has 0 heterocycles. The second-order valence-corrected chi connectivity index (χ2v) is 3.78. The topological polar surface area (TPSA) is 3.24 Å².